The molecular weight excluding hydrogens is 178 g/mol. The van der Waals surface area contributed by atoms with Gasteiger partial charge in [0.2, 0.25) is 0 Å². The van der Waals surface area contributed by atoms with Crippen molar-refractivity contribution in [2.75, 3.05) is 0 Å². The smallest absolute Gasteiger partial charge is 0.423 e. The first kappa shape index (κ1) is 9.01. The molecule has 0 fully saturated rings. The minimum Gasteiger partial charge on any atom is -0.423 e. The molecular formula is C6H4BClN2O2. The van der Waals surface area contributed by atoms with Crippen molar-refractivity contribution in [1.82, 2.24) is 4.98 Å². The number of halogens is 1. The van der Waals surface area contributed by atoms with Gasteiger partial charge in [-0.25, -0.2) is 4.98 Å². The number of aromatic nitrogens is 1. The molecule has 4 nitrogen and oxygen atoms in total. The van der Waals surface area contributed by atoms with Gasteiger partial charge >= 0.3 is 7.12 Å². The highest BCUT2D eigenvalue weighted by Gasteiger charge is 2.15. The molecule has 0 aliphatic heterocycles. The van der Waals surface area contributed by atoms with Gasteiger partial charge in [0.15, 0.2) is 0 Å². The van der Waals surface area contributed by atoms with Gasteiger partial charge in [0, 0.05) is 16.7 Å². The number of pyridine rings is 1. The van der Waals surface area contributed by atoms with Crippen molar-refractivity contribution in [1.29, 1.82) is 5.26 Å². The average molecular weight is 182 g/mol. The fourth-order valence-corrected chi connectivity index (χ4v) is 0.942. The summed E-state index contributed by atoms with van der Waals surface area (Å²) >= 11 is 5.59. The Labute approximate surface area is 74.2 Å². The lowest BCUT2D eigenvalue weighted by molar-refractivity contribution is 0.425. The molecule has 0 atom stereocenters. The molecule has 6 heteroatoms. The number of nitrogens with zero attached hydrogens (tertiary/aromatic N) is 2. The molecule has 2 N–H and O–H groups in total. The minimum absolute atomic E-state index is 0.0932. The summed E-state index contributed by atoms with van der Waals surface area (Å²) in [6, 6.07) is 3.05. The van der Waals surface area contributed by atoms with Crippen LogP contribution in [0.2, 0.25) is 5.02 Å². The Hall–Kier alpha value is -1.09. The number of nitriles is 1. The Morgan fingerprint density at radius 3 is 2.67 bits per heavy atom. The summed E-state index contributed by atoms with van der Waals surface area (Å²) in [5.74, 6) is 0. The van der Waals surface area contributed by atoms with Gasteiger partial charge in [-0.15, -0.1) is 0 Å². The first-order chi connectivity index (χ1) is 5.65. The molecule has 60 valence electrons. The molecule has 0 aliphatic carbocycles. The largest absolute Gasteiger partial charge is 0.491 e. The van der Waals surface area contributed by atoms with Crippen molar-refractivity contribution >= 4 is 24.2 Å². The maximum absolute atomic E-state index is 8.72. The lowest BCUT2D eigenvalue weighted by Gasteiger charge is -2.00. The van der Waals surface area contributed by atoms with E-state index in [0.717, 1.165) is 6.20 Å². The highest BCUT2D eigenvalue weighted by molar-refractivity contribution is 6.62. The molecule has 1 rings (SSSR count). The lowest BCUT2D eigenvalue weighted by Crippen LogP contribution is -2.31. The van der Waals surface area contributed by atoms with E-state index in [1.807, 2.05) is 0 Å². The van der Waals surface area contributed by atoms with E-state index >= 15 is 0 Å². The van der Waals surface area contributed by atoms with Crippen LogP contribution in [0.25, 0.3) is 0 Å². The van der Waals surface area contributed by atoms with Crippen LogP contribution in [-0.2, 0) is 0 Å². The number of rotatable bonds is 1. The fourth-order valence-electron chi connectivity index (χ4n) is 0.693. The summed E-state index contributed by atoms with van der Waals surface area (Å²) in [6.07, 6.45) is 1.16. The maximum Gasteiger partial charge on any atom is 0.491 e. The monoisotopic (exact) mass is 182 g/mol. The van der Waals surface area contributed by atoms with E-state index in [9.17, 15) is 0 Å². The maximum atomic E-state index is 8.72. The van der Waals surface area contributed by atoms with E-state index in [1.165, 1.54) is 6.07 Å². The second kappa shape index (κ2) is 3.54. The predicted octanol–water partition coefficient (Wildman–Crippen LogP) is -0.714. The number of hydrogen-bond acceptors (Lipinski definition) is 4. The van der Waals surface area contributed by atoms with Gasteiger partial charge in [0.1, 0.15) is 11.8 Å². The molecule has 0 radical (unpaired) electrons. The third-order valence-electron chi connectivity index (χ3n) is 1.27. The Kier molecular flexibility index (Phi) is 2.66. The zero-order chi connectivity index (χ0) is 9.14. The molecule has 1 heterocycles. The molecule has 12 heavy (non-hydrogen) atoms. The second-order valence-electron chi connectivity index (χ2n) is 2.08. The van der Waals surface area contributed by atoms with Crippen molar-refractivity contribution in [2.45, 2.75) is 0 Å². The summed E-state index contributed by atoms with van der Waals surface area (Å²) in [5.41, 5.74) is 0.236. The van der Waals surface area contributed by atoms with E-state index in [0.29, 0.717) is 0 Å². The first-order valence-electron chi connectivity index (χ1n) is 3.07. The van der Waals surface area contributed by atoms with Gasteiger partial charge in [-0.1, -0.05) is 11.6 Å². The normalized spacial score (nSPS) is 9.17. The second-order valence-corrected chi connectivity index (χ2v) is 2.48. The van der Waals surface area contributed by atoms with Crippen molar-refractivity contribution < 1.29 is 10.0 Å². The van der Waals surface area contributed by atoms with Crippen molar-refractivity contribution in [2.24, 2.45) is 0 Å². The van der Waals surface area contributed by atoms with Crippen molar-refractivity contribution in [3.8, 4) is 6.07 Å². The van der Waals surface area contributed by atoms with Crippen LogP contribution >= 0.6 is 11.6 Å². The first-order valence-corrected chi connectivity index (χ1v) is 3.44. The summed E-state index contributed by atoms with van der Waals surface area (Å²) in [5, 5.41) is 25.9. The van der Waals surface area contributed by atoms with Crippen LogP contribution in [-0.4, -0.2) is 22.2 Å². The van der Waals surface area contributed by atoms with E-state index in [4.69, 9.17) is 26.9 Å². The van der Waals surface area contributed by atoms with Gasteiger partial charge in [0.25, 0.3) is 0 Å². The molecule has 0 unspecified atom stereocenters. The van der Waals surface area contributed by atoms with E-state index in [-0.39, 0.29) is 16.2 Å². The van der Waals surface area contributed by atoms with Gasteiger partial charge in [-0.3, -0.25) is 0 Å². The minimum atomic E-state index is -1.65. The Morgan fingerprint density at radius 2 is 2.25 bits per heavy atom. The molecule has 0 aliphatic rings. The van der Waals surface area contributed by atoms with Crippen LogP contribution in [0.3, 0.4) is 0 Å². The van der Waals surface area contributed by atoms with E-state index in [2.05, 4.69) is 4.98 Å². The van der Waals surface area contributed by atoms with Crippen LogP contribution in [0, 0.1) is 11.3 Å². The Morgan fingerprint density at radius 1 is 1.58 bits per heavy atom. The molecule has 0 saturated heterocycles. The van der Waals surface area contributed by atoms with E-state index in [1.54, 1.807) is 6.07 Å². The summed E-state index contributed by atoms with van der Waals surface area (Å²) in [4.78, 5) is 3.61. The van der Waals surface area contributed by atoms with Gasteiger partial charge in [0.05, 0.1) is 0 Å². The SMILES string of the molecule is N#Cc1cc(Cl)c(B(O)O)cn1. The lowest BCUT2D eigenvalue weighted by atomic mass is 9.81. The van der Waals surface area contributed by atoms with Crippen molar-refractivity contribution in [3.05, 3.63) is 23.0 Å². The molecule has 0 saturated carbocycles. The zero-order valence-electron chi connectivity index (χ0n) is 5.90. The third kappa shape index (κ3) is 1.74. The Balaban J connectivity index is 3.14. The highest BCUT2D eigenvalue weighted by Crippen LogP contribution is 2.05. The number of hydrogen-bond donors (Lipinski definition) is 2. The molecule has 0 spiro atoms. The summed E-state index contributed by atoms with van der Waals surface area (Å²) < 4.78 is 0. The standard InChI is InChI=1S/C6H4BClN2O2/c8-6-1-4(2-9)10-3-5(6)7(11)12/h1,3,11-12H. The predicted molar refractivity (Wildman–Crippen MR) is 43.8 cm³/mol. The quantitative estimate of drug-likeness (QED) is 0.562. The van der Waals surface area contributed by atoms with Crippen LogP contribution in [0.5, 0.6) is 0 Å². The molecule has 0 bridgehead atoms. The van der Waals surface area contributed by atoms with Crippen LogP contribution in [0.15, 0.2) is 12.3 Å². The highest BCUT2D eigenvalue weighted by atomic mass is 35.5. The molecule has 0 amide bonds. The van der Waals surface area contributed by atoms with E-state index < -0.39 is 7.12 Å². The van der Waals surface area contributed by atoms with Gasteiger partial charge < -0.3 is 10.0 Å². The van der Waals surface area contributed by atoms with Gasteiger partial charge in [-0.2, -0.15) is 5.26 Å². The average Bonchev–Trinajstić information content (AvgIpc) is 2.03. The Bertz CT molecular complexity index is 337. The summed E-state index contributed by atoms with van der Waals surface area (Å²) in [6.45, 7) is 0. The fraction of sp³-hybridized carbons (Fsp3) is 0. The zero-order valence-corrected chi connectivity index (χ0v) is 6.65. The molecule has 1 aromatic heterocycles. The molecule has 0 aromatic carbocycles. The van der Waals surface area contributed by atoms with Crippen LogP contribution in [0.4, 0.5) is 0 Å². The van der Waals surface area contributed by atoms with Crippen LogP contribution < -0.4 is 5.46 Å². The van der Waals surface area contributed by atoms with Gasteiger partial charge in [-0.05, 0) is 6.07 Å². The summed E-state index contributed by atoms with van der Waals surface area (Å²) in [7, 11) is -1.65. The topological polar surface area (TPSA) is 77.1 Å². The molecule has 1 aromatic rings. The van der Waals surface area contributed by atoms with Crippen molar-refractivity contribution in [3.63, 3.8) is 0 Å². The van der Waals surface area contributed by atoms with Crippen LogP contribution in [0.1, 0.15) is 5.69 Å². The third-order valence-corrected chi connectivity index (χ3v) is 1.60.